The summed E-state index contributed by atoms with van der Waals surface area (Å²) in [5.74, 6) is -0.501. The van der Waals surface area contributed by atoms with Gasteiger partial charge < -0.3 is 39.7 Å². The Morgan fingerprint density at radius 1 is 1.25 bits per heavy atom. The van der Waals surface area contributed by atoms with Gasteiger partial charge in [0.05, 0.1) is 30.8 Å². The molecule has 10 heteroatoms. The highest BCUT2D eigenvalue weighted by Gasteiger charge is 2.45. The minimum absolute atomic E-state index is 0.0905. The molecule has 2 saturated heterocycles. The Balaban J connectivity index is 1.72. The summed E-state index contributed by atoms with van der Waals surface area (Å²) in [6.45, 7) is 19.8. The number of alkyl carbamates (subject to hydrolysis) is 1. The molecule has 3 rings (SSSR count). The fraction of sp³-hybridized carbons (Fsp3) is 0.737. The van der Waals surface area contributed by atoms with Gasteiger partial charge in [-0.2, -0.15) is 0 Å². The third kappa shape index (κ3) is 11.2. The summed E-state index contributed by atoms with van der Waals surface area (Å²) in [4.78, 5) is 28.1. The van der Waals surface area contributed by atoms with Crippen LogP contribution >= 0.6 is 0 Å². The molecule has 0 spiro atoms. The number of carbonyl (C=O) groups excluding carboxylic acids is 2. The van der Waals surface area contributed by atoms with Crippen molar-refractivity contribution in [1.29, 1.82) is 0 Å². The molecule has 3 aliphatic rings. The Bertz CT molecular complexity index is 1210. The van der Waals surface area contributed by atoms with Gasteiger partial charge >= 0.3 is 12.1 Å². The van der Waals surface area contributed by atoms with Gasteiger partial charge in [-0.05, 0) is 77.4 Å². The number of hydrogen-bond acceptors (Lipinski definition) is 9. The Morgan fingerprint density at radius 2 is 1.94 bits per heavy atom. The molecule has 0 aromatic heterocycles. The van der Waals surface area contributed by atoms with E-state index in [0.29, 0.717) is 19.3 Å². The molecule has 0 bridgehead atoms. The van der Waals surface area contributed by atoms with E-state index in [1.165, 1.54) is 0 Å². The molecule has 10 nitrogen and oxygen atoms in total. The minimum atomic E-state index is -1.50. The van der Waals surface area contributed by atoms with Crippen LogP contribution in [0.25, 0.3) is 0 Å². The molecule has 11 unspecified atom stereocenters. The summed E-state index contributed by atoms with van der Waals surface area (Å²) in [7, 11) is 2.00. The van der Waals surface area contributed by atoms with Crippen LogP contribution in [-0.4, -0.2) is 93.1 Å². The van der Waals surface area contributed by atoms with Crippen molar-refractivity contribution < 1.29 is 39.1 Å². The number of allylic oxidation sites excluding steroid dienone is 3. The molecule has 1 amide bonds. The lowest BCUT2D eigenvalue weighted by atomic mass is 9.86. The standard InChI is InChI=1S/C38H62N2O8/c1-11-30(42)27(6)35-31(46-35)19-23(2)13-12-14-24(3)34-25(4)15-16-32(38(9,45)18-17-29(41)21-33(43)48-34)47-36(44)39-28-20-26(5)40(10)37(7,8)22-28/h12-16,23,25,27-32,34-35,41-42,45H,5,11,17-22H2,1-4,6-10H3,(H,39,44)/b13-12+,16-15+,24-14+. The van der Waals surface area contributed by atoms with Crippen molar-refractivity contribution in [2.24, 2.45) is 17.8 Å². The van der Waals surface area contributed by atoms with Crippen LogP contribution in [0.2, 0.25) is 0 Å². The van der Waals surface area contributed by atoms with Crippen molar-refractivity contribution >= 4 is 12.1 Å². The monoisotopic (exact) mass is 674 g/mol. The number of cyclic esters (lactones) is 1. The summed E-state index contributed by atoms with van der Waals surface area (Å²) in [6, 6.07) is -0.166. The van der Waals surface area contributed by atoms with Crippen LogP contribution in [0.5, 0.6) is 0 Å². The number of likely N-dealkylation sites (tertiary alicyclic amines) is 1. The summed E-state index contributed by atoms with van der Waals surface area (Å²) in [5, 5.41) is 35.2. The van der Waals surface area contributed by atoms with E-state index in [0.717, 1.165) is 17.7 Å². The molecule has 4 N–H and O–H groups in total. The molecule has 0 aliphatic carbocycles. The summed E-state index contributed by atoms with van der Waals surface area (Å²) >= 11 is 0. The number of esters is 1. The zero-order valence-electron chi connectivity index (χ0n) is 30.6. The lowest BCUT2D eigenvalue weighted by molar-refractivity contribution is -0.151. The molecule has 0 aromatic carbocycles. The van der Waals surface area contributed by atoms with Crippen molar-refractivity contribution in [3.05, 3.63) is 48.2 Å². The lowest BCUT2D eigenvalue weighted by Gasteiger charge is -2.46. The third-order valence-corrected chi connectivity index (χ3v) is 10.5. The molecule has 272 valence electrons. The number of carbonyl (C=O) groups is 2. The maximum Gasteiger partial charge on any atom is 0.408 e. The normalized spacial score (nSPS) is 35.9. The van der Waals surface area contributed by atoms with E-state index < -0.39 is 36.0 Å². The molecule has 3 aliphatic heterocycles. The van der Waals surface area contributed by atoms with Gasteiger partial charge in [-0.25, -0.2) is 4.79 Å². The quantitative estimate of drug-likeness (QED) is 0.101. The molecule has 11 atom stereocenters. The van der Waals surface area contributed by atoms with Gasteiger partial charge in [0.1, 0.15) is 11.7 Å². The fourth-order valence-electron chi connectivity index (χ4n) is 6.87. The molecular weight excluding hydrogens is 612 g/mol. The van der Waals surface area contributed by atoms with Crippen LogP contribution in [0.1, 0.15) is 100 Å². The highest BCUT2D eigenvalue weighted by Crippen LogP contribution is 2.37. The van der Waals surface area contributed by atoms with Crippen molar-refractivity contribution in [3.63, 3.8) is 0 Å². The van der Waals surface area contributed by atoms with Crippen molar-refractivity contribution in [2.75, 3.05) is 7.05 Å². The predicted molar refractivity (Wildman–Crippen MR) is 187 cm³/mol. The minimum Gasteiger partial charge on any atom is -0.457 e. The molecule has 48 heavy (non-hydrogen) atoms. The number of hydrogen-bond donors (Lipinski definition) is 4. The van der Waals surface area contributed by atoms with Crippen LogP contribution in [0, 0.1) is 17.8 Å². The Kier molecular flexibility index (Phi) is 13.9. The van der Waals surface area contributed by atoms with E-state index in [4.69, 9.17) is 14.2 Å². The smallest absolute Gasteiger partial charge is 0.408 e. The average molecular weight is 675 g/mol. The molecule has 2 fully saturated rings. The molecule has 3 heterocycles. The number of nitrogens with zero attached hydrogens (tertiary/aromatic N) is 1. The summed E-state index contributed by atoms with van der Waals surface area (Å²) in [6.07, 6.45) is 8.88. The number of nitrogens with one attached hydrogen (secondary N) is 1. The van der Waals surface area contributed by atoms with Gasteiger partial charge in [0.15, 0.2) is 6.10 Å². The van der Waals surface area contributed by atoms with Gasteiger partial charge in [0.2, 0.25) is 0 Å². The molecule has 0 saturated carbocycles. The van der Waals surface area contributed by atoms with Crippen molar-refractivity contribution in [2.45, 2.75) is 154 Å². The molecule has 0 aromatic rings. The first-order chi connectivity index (χ1) is 22.3. The first kappa shape index (κ1) is 39.8. The van der Waals surface area contributed by atoms with E-state index in [9.17, 15) is 24.9 Å². The second kappa shape index (κ2) is 16.8. The van der Waals surface area contributed by atoms with E-state index in [-0.39, 0.29) is 66.9 Å². The van der Waals surface area contributed by atoms with Crippen LogP contribution in [0.15, 0.2) is 48.2 Å². The molecule has 0 radical (unpaired) electrons. The van der Waals surface area contributed by atoms with Crippen LogP contribution in [0.4, 0.5) is 4.79 Å². The van der Waals surface area contributed by atoms with Crippen molar-refractivity contribution in [1.82, 2.24) is 10.2 Å². The summed E-state index contributed by atoms with van der Waals surface area (Å²) < 4.78 is 17.6. The Hall–Kier alpha value is -2.66. The Morgan fingerprint density at radius 3 is 2.58 bits per heavy atom. The highest BCUT2D eigenvalue weighted by molar-refractivity contribution is 5.70. The SMILES string of the molecule is C=C1CC(NC(=O)OC2/C=C/C(C)C(/C(C)=C/C=C/C(C)CC3OC3C(C)C(O)CC)OC(=O)CC(O)CCC2(C)O)CC(C)(C)N1C. The van der Waals surface area contributed by atoms with Crippen LogP contribution in [0.3, 0.4) is 0 Å². The number of rotatable bonds is 10. The zero-order valence-corrected chi connectivity index (χ0v) is 30.6. The van der Waals surface area contributed by atoms with Crippen LogP contribution < -0.4 is 5.32 Å². The van der Waals surface area contributed by atoms with Crippen molar-refractivity contribution in [3.8, 4) is 0 Å². The zero-order chi connectivity index (χ0) is 36.0. The van der Waals surface area contributed by atoms with E-state index in [2.05, 4.69) is 43.6 Å². The van der Waals surface area contributed by atoms with Gasteiger partial charge in [-0.15, -0.1) is 0 Å². The van der Waals surface area contributed by atoms with Crippen LogP contribution in [-0.2, 0) is 19.0 Å². The molecular formula is C38H62N2O8. The topological polar surface area (TPSA) is 141 Å². The second-order valence-electron chi connectivity index (χ2n) is 15.4. The largest absolute Gasteiger partial charge is 0.457 e. The number of epoxide rings is 1. The van der Waals surface area contributed by atoms with Gasteiger partial charge in [-0.3, -0.25) is 4.79 Å². The van der Waals surface area contributed by atoms with Gasteiger partial charge in [0.25, 0.3) is 0 Å². The maximum atomic E-state index is 13.2. The van der Waals surface area contributed by atoms with Gasteiger partial charge in [0, 0.05) is 42.6 Å². The predicted octanol–water partition coefficient (Wildman–Crippen LogP) is 5.57. The number of ether oxygens (including phenoxy) is 3. The Labute approximate surface area is 288 Å². The summed E-state index contributed by atoms with van der Waals surface area (Å²) in [5.41, 5.74) is 0.0504. The van der Waals surface area contributed by atoms with E-state index >= 15 is 0 Å². The number of amides is 1. The van der Waals surface area contributed by atoms with Gasteiger partial charge in [-0.1, -0.05) is 58.6 Å². The lowest BCUT2D eigenvalue weighted by Crippen LogP contribution is -2.53. The number of aliphatic hydroxyl groups excluding tert-OH is 2. The highest BCUT2D eigenvalue weighted by atomic mass is 16.6. The first-order valence-electron chi connectivity index (χ1n) is 17.7. The number of piperidine rings is 1. The van der Waals surface area contributed by atoms with E-state index in [1.54, 1.807) is 13.0 Å². The average Bonchev–Trinajstić information content (AvgIpc) is 3.76. The van der Waals surface area contributed by atoms with E-state index in [1.807, 2.05) is 53.0 Å². The second-order valence-corrected chi connectivity index (χ2v) is 15.4. The number of aliphatic hydroxyl groups is 3. The maximum absolute atomic E-state index is 13.2. The first-order valence-corrected chi connectivity index (χ1v) is 17.7. The fourth-order valence-corrected chi connectivity index (χ4v) is 6.87. The third-order valence-electron chi connectivity index (χ3n) is 10.5.